The number of aromatic nitrogens is 2. The minimum atomic E-state index is -0.168. The molecule has 18 heavy (non-hydrogen) atoms. The Hall–Kier alpha value is -1.68. The predicted molar refractivity (Wildman–Crippen MR) is 69.8 cm³/mol. The SMILES string of the molecule is Cc1cc(F)ccc1CCNCc1cncn1C. The number of hydrogen-bond acceptors (Lipinski definition) is 2. The fraction of sp³-hybridized carbons (Fsp3) is 0.357. The van der Waals surface area contributed by atoms with Crippen LogP contribution in [0.25, 0.3) is 0 Å². The Kier molecular flexibility index (Phi) is 4.10. The third-order valence-electron chi connectivity index (χ3n) is 3.10. The molecular formula is C14H18FN3. The van der Waals surface area contributed by atoms with Gasteiger partial charge in [0, 0.05) is 19.8 Å². The molecular weight excluding hydrogens is 229 g/mol. The van der Waals surface area contributed by atoms with Crippen molar-refractivity contribution in [2.45, 2.75) is 19.9 Å². The Balaban J connectivity index is 1.80. The number of halogens is 1. The van der Waals surface area contributed by atoms with E-state index in [4.69, 9.17) is 0 Å². The summed E-state index contributed by atoms with van der Waals surface area (Å²) in [7, 11) is 1.98. The van der Waals surface area contributed by atoms with Crippen LogP contribution in [0.5, 0.6) is 0 Å². The van der Waals surface area contributed by atoms with Crippen LogP contribution in [0.3, 0.4) is 0 Å². The maximum atomic E-state index is 12.9. The molecule has 0 atom stereocenters. The molecule has 0 aliphatic carbocycles. The first kappa shape index (κ1) is 12.8. The van der Waals surface area contributed by atoms with E-state index in [1.54, 1.807) is 12.4 Å². The van der Waals surface area contributed by atoms with Gasteiger partial charge in [-0.3, -0.25) is 0 Å². The second-order valence-corrected chi connectivity index (χ2v) is 4.49. The molecule has 1 aromatic heterocycles. The Labute approximate surface area is 107 Å². The molecule has 2 rings (SSSR count). The van der Waals surface area contributed by atoms with Gasteiger partial charge in [-0.2, -0.15) is 0 Å². The summed E-state index contributed by atoms with van der Waals surface area (Å²) < 4.78 is 14.9. The first-order chi connectivity index (χ1) is 8.66. The summed E-state index contributed by atoms with van der Waals surface area (Å²) in [4.78, 5) is 4.06. The molecule has 2 aromatic rings. The van der Waals surface area contributed by atoms with Gasteiger partial charge in [0.15, 0.2) is 0 Å². The third-order valence-corrected chi connectivity index (χ3v) is 3.10. The zero-order valence-corrected chi connectivity index (χ0v) is 10.8. The average molecular weight is 247 g/mol. The zero-order chi connectivity index (χ0) is 13.0. The highest BCUT2D eigenvalue weighted by Gasteiger charge is 2.01. The van der Waals surface area contributed by atoms with Crippen molar-refractivity contribution in [2.75, 3.05) is 6.54 Å². The van der Waals surface area contributed by atoms with Gasteiger partial charge in [-0.15, -0.1) is 0 Å². The number of hydrogen-bond donors (Lipinski definition) is 1. The summed E-state index contributed by atoms with van der Waals surface area (Å²) in [6, 6.07) is 4.95. The van der Waals surface area contributed by atoms with Crippen LogP contribution in [-0.2, 0) is 20.0 Å². The first-order valence-electron chi connectivity index (χ1n) is 6.08. The van der Waals surface area contributed by atoms with E-state index in [-0.39, 0.29) is 5.82 Å². The van der Waals surface area contributed by atoms with Crippen molar-refractivity contribution in [3.8, 4) is 0 Å². The largest absolute Gasteiger partial charge is 0.337 e. The summed E-state index contributed by atoms with van der Waals surface area (Å²) in [6.07, 6.45) is 4.56. The molecule has 0 unspecified atom stereocenters. The molecule has 0 amide bonds. The fourth-order valence-electron chi connectivity index (χ4n) is 1.93. The van der Waals surface area contributed by atoms with Crippen molar-refractivity contribution in [1.82, 2.24) is 14.9 Å². The molecule has 96 valence electrons. The van der Waals surface area contributed by atoms with Gasteiger partial charge in [0.05, 0.1) is 12.0 Å². The lowest BCUT2D eigenvalue weighted by molar-refractivity contribution is 0.623. The number of imidazole rings is 1. The molecule has 0 aliphatic heterocycles. The van der Waals surface area contributed by atoms with Gasteiger partial charge in [-0.05, 0) is 43.1 Å². The second-order valence-electron chi connectivity index (χ2n) is 4.49. The van der Waals surface area contributed by atoms with E-state index in [1.165, 1.54) is 11.6 Å². The van der Waals surface area contributed by atoms with Crippen LogP contribution < -0.4 is 5.32 Å². The van der Waals surface area contributed by atoms with Crippen molar-refractivity contribution in [2.24, 2.45) is 7.05 Å². The predicted octanol–water partition coefficient (Wildman–Crippen LogP) is 2.20. The van der Waals surface area contributed by atoms with Crippen molar-refractivity contribution in [1.29, 1.82) is 0 Å². The number of nitrogens with zero attached hydrogens (tertiary/aromatic N) is 2. The highest BCUT2D eigenvalue weighted by Crippen LogP contribution is 2.10. The lowest BCUT2D eigenvalue weighted by Gasteiger charge is -2.08. The fourth-order valence-corrected chi connectivity index (χ4v) is 1.93. The van der Waals surface area contributed by atoms with Crippen LogP contribution in [0.1, 0.15) is 16.8 Å². The van der Waals surface area contributed by atoms with E-state index in [1.807, 2.05) is 30.8 Å². The highest BCUT2D eigenvalue weighted by atomic mass is 19.1. The average Bonchev–Trinajstić information content (AvgIpc) is 2.73. The smallest absolute Gasteiger partial charge is 0.123 e. The summed E-state index contributed by atoms with van der Waals surface area (Å²) in [5, 5.41) is 3.36. The number of rotatable bonds is 5. The van der Waals surface area contributed by atoms with Gasteiger partial charge < -0.3 is 9.88 Å². The topological polar surface area (TPSA) is 29.9 Å². The van der Waals surface area contributed by atoms with E-state index >= 15 is 0 Å². The van der Waals surface area contributed by atoms with Gasteiger partial charge in [0.25, 0.3) is 0 Å². The molecule has 1 aromatic carbocycles. The van der Waals surface area contributed by atoms with Crippen molar-refractivity contribution in [3.05, 3.63) is 53.4 Å². The van der Waals surface area contributed by atoms with E-state index in [9.17, 15) is 4.39 Å². The van der Waals surface area contributed by atoms with E-state index in [2.05, 4.69) is 10.3 Å². The molecule has 1 N–H and O–H groups in total. The summed E-state index contributed by atoms with van der Waals surface area (Å²) >= 11 is 0. The van der Waals surface area contributed by atoms with Gasteiger partial charge in [0.1, 0.15) is 5.82 Å². The molecule has 0 aliphatic rings. The van der Waals surface area contributed by atoms with Crippen LogP contribution >= 0.6 is 0 Å². The summed E-state index contributed by atoms with van der Waals surface area (Å²) in [6.45, 7) is 3.62. The van der Waals surface area contributed by atoms with Crippen LogP contribution in [0.4, 0.5) is 4.39 Å². The van der Waals surface area contributed by atoms with Gasteiger partial charge in [-0.25, -0.2) is 9.37 Å². The summed E-state index contributed by atoms with van der Waals surface area (Å²) in [5.41, 5.74) is 3.36. The number of benzene rings is 1. The maximum absolute atomic E-state index is 12.9. The second kappa shape index (κ2) is 5.78. The molecule has 0 bridgehead atoms. The lowest BCUT2D eigenvalue weighted by Crippen LogP contribution is -2.18. The van der Waals surface area contributed by atoms with Gasteiger partial charge in [-0.1, -0.05) is 6.07 Å². The van der Waals surface area contributed by atoms with E-state index < -0.39 is 0 Å². The molecule has 4 heteroatoms. The highest BCUT2D eigenvalue weighted by molar-refractivity contribution is 5.26. The van der Waals surface area contributed by atoms with Crippen molar-refractivity contribution in [3.63, 3.8) is 0 Å². The van der Waals surface area contributed by atoms with Crippen molar-refractivity contribution >= 4 is 0 Å². The maximum Gasteiger partial charge on any atom is 0.123 e. The van der Waals surface area contributed by atoms with Crippen LogP contribution in [0.15, 0.2) is 30.7 Å². The Morgan fingerprint density at radius 2 is 2.22 bits per heavy atom. The third kappa shape index (κ3) is 3.17. The minimum Gasteiger partial charge on any atom is -0.337 e. The quantitative estimate of drug-likeness (QED) is 0.821. The molecule has 1 heterocycles. The number of nitrogens with one attached hydrogen (secondary N) is 1. The standard InChI is InChI=1S/C14H18FN3/c1-11-7-13(15)4-3-12(11)5-6-16-8-14-9-17-10-18(14)2/h3-4,7,9-10,16H,5-6,8H2,1-2H3. The Morgan fingerprint density at radius 3 is 2.89 bits per heavy atom. The monoisotopic (exact) mass is 247 g/mol. The molecule has 3 nitrogen and oxygen atoms in total. The summed E-state index contributed by atoms with van der Waals surface area (Å²) in [5.74, 6) is -0.168. The van der Waals surface area contributed by atoms with Gasteiger partial charge in [0.2, 0.25) is 0 Å². The van der Waals surface area contributed by atoms with Crippen LogP contribution in [0, 0.1) is 12.7 Å². The normalized spacial score (nSPS) is 10.8. The Bertz CT molecular complexity index is 520. The lowest BCUT2D eigenvalue weighted by atomic mass is 10.1. The van der Waals surface area contributed by atoms with Crippen LogP contribution in [-0.4, -0.2) is 16.1 Å². The molecule has 0 spiro atoms. The van der Waals surface area contributed by atoms with Gasteiger partial charge >= 0.3 is 0 Å². The molecule has 0 saturated carbocycles. The van der Waals surface area contributed by atoms with Crippen molar-refractivity contribution < 1.29 is 4.39 Å². The Morgan fingerprint density at radius 1 is 1.39 bits per heavy atom. The number of aryl methyl sites for hydroxylation is 2. The molecule has 0 radical (unpaired) electrons. The van der Waals surface area contributed by atoms with Crippen LogP contribution in [0.2, 0.25) is 0 Å². The first-order valence-corrected chi connectivity index (χ1v) is 6.08. The zero-order valence-electron chi connectivity index (χ0n) is 10.8. The van der Waals surface area contributed by atoms with E-state index in [0.29, 0.717) is 0 Å². The minimum absolute atomic E-state index is 0.168. The van der Waals surface area contributed by atoms with E-state index in [0.717, 1.165) is 30.8 Å². The molecule has 0 saturated heterocycles. The molecule has 0 fully saturated rings.